The number of rotatable bonds is 5. The Labute approximate surface area is 182 Å². The number of hydrogen-bond donors (Lipinski definition) is 2. The van der Waals surface area contributed by atoms with Crippen LogP contribution in [0.5, 0.6) is 0 Å². The molecule has 1 aromatic heterocycles. The number of hydrogen-bond acceptors (Lipinski definition) is 6. The van der Waals surface area contributed by atoms with Crippen molar-refractivity contribution >= 4 is 42.6 Å². The number of carbonyl (C=O) groups excluding carboxylic acids is 1. The van der Waals surface area contributed by atoms with E-state index in [9.17, 15) is 22.0 Å². The predicted octanol–water partition coefficient (Wildman–Crippen LogP) is 3.89. The number of benzene rings is 2. The maximum atomic E-state index is 13.8. The number of anilines is 1. The van der Waals surface area contributed by atoms with Crippen LogP contribution in [0.4, 0.5) is 13.9 Å². The summed E-state index contributed by atoms with van der Waals surface area (Å²) in [6.45, 7) is 2.38. The van der Waals surface area contributed by atoms with Crippen LogP contribution in [0.25, 0.3) is 10.2 Å². The smallest absolute Gasteiger partial charge is 0.269 e. The fourth-order valence-electron chi connectivity index (χ4n) is 3.54. The van der Waals surface area contributed by atoms with E-state index in [-0.39, 0.29) is 27.1 Å². The largest absolute Gasteiger partial charge is 0.273 e. The minimum absolute atomic E-state index is 0.00431. The second kappa shape index (κ2) is 8.48. The Kier molecular flexibility index (Phi) is 5.91. The fourth-order valence-corrected chi connectivity index (χ4v) is 6.09. The molecule has 3 aromatic rings. The summed E-state index contributed by atoms with van der Waals surface area (Å²) in [5.74, 6) is -2.02. The van der Waals surface area contributed by atoms with Crippen LogP contribution in [0.1, 0.15) is 36.5 Å². The Bertz CT molecular complexity index is 1230. The highest BCUT2D eigenvalue weighted by Crippen LogP contribution is 2.28. The molecule has 11 heteroatoms. The Morgan fingerprint density at radius 2 is 1.94 bits per heavy atom. The molecule has 1 aliphatic heterocycles. The molecule has 0 radical (unpaired) electrons. The summed E-state index contributed by atoms with van der Waals surface area (Å²) in [4.78, 5) is 16.5. The number of sulfonamides is 1. The average Bonchev–Trinajstić information content (AvgIpc) is 3.15. The number of thiazole rings is 1. The molecule has 1 aliphatic rings. The zero-order chi connectivity index (χ0) is 22.2. The molecule has 1 saturated heterocycles. The average molecular weight is 467 g/mol. The molecular formula is C20H20F2N4O3S2. The number of aromatic nitrogens is 1. The second-order valence-electron chi connectivity index (χ2n) is 7.32. The van der Waals surface area contributed by atoms with Gasteiger partial charge in [-0.1, -0.05) is 17.8 Å². The summed E-state index contributed by atoms with van der Waals surface area (Å²) in [5, 5.41) is 0.186. The molecular weight excluding hydrogens is 446 g/mol. The van der Waals surface area contributed by atoms with Gasteiger partial charge in [-0.3, -0.25) is 15.6 Å². The summed E-state index contributed by atoms with van der Waals surface area (Å²) in [7, 11) is -3.62. The third-order valence-corrected chi connectivity index (χ3v) is 8.11. The van der Waals surface area contributed by atoms with Crippen molar-refractivity contribution in [2.24, 2.45) is 0 Å². The standard InChI is InChI=1S/C20H20F2N4O3S2/c1-12-4-2-3-9-26(12)31(28,29)15-7-5-13(6-8-15)19(27)24-25-20-23-18-16(22)10-14(21)11-17(18)30-20/h5-8,10-12H,2-4,9H2,1H3,(H,23,25)(H,24,27)/t12-/m1/s1. The molecule has 2 aromatic carbocycles. The summed E-state index contributed by atoms with van der Waals surface area (Å²) < 4.78 is 54.6. The lowest BCUT2D eigenvalue weighted by Gasteiger charge is -2.32. The van der Waals surface area contributed by atoms with Gasteiger partial charge in [-0.05, 0) is 50.1 Å². The van der Waals surface area contributed by atoms with E-state index in [4.69, 9.17) is 0 Å². The highest BCUT2D eigenvalue weighted by atomic mass is 32.2. The first kappa shape index (κ1) is 21.6. The molecule has 0 saturated carbocycles. The van der Waals surface area contributed by atoms with E-state index in [2.05, 4.69) is 15.8 Å². The van der Waals surface area contributed by atoms with Gasteiger partial charge >= 0.3 is 0 Å². The number of carbonyl (C=O) groups is 1. The number of halogens is 2. The van der Waals surface area contributed by atoms with Crippen LogP contribution in [0.2, 0.25) is 0 Å². The van der Waals surface area contributed by atoms with Gasteiger partial charge < -0.3 is 0 Å². The number of fused-ring (bicyclic) bond motifs is 1. The predicted molar refractivity (Wildman–Crippen MR) is 114 cm³/mol. The highest BCUT2D eigenvalue weighted by molar-refractivity contribution is 7.89. The van der Waals surface area contributed by atoms with Gasteiger partial charge in [0.2, 0.25) is 15.2 Å². The van der Waals surface area contributed by atoms with E-state index >= 15 is 0 Å². The lowest BCUT2D eigenvalue weighted by Crippen LogP contribution is -2.41. The van der Waals surface area contributed by atoms with Gasteiger partial charge in [-0.2, -0.15) is 4.31 Å². The summed E-state index contributed by atoms with van der Waals surface area (Å²) in [6.07, 6.45) is 2.67. The lowest BCUT2D eigenvalue weighted by molar-refractivity contribution is 0.0962. The van der Waals surface area contributed by atoms with E-state index in [1.165, 1.54) is 28.6 Å². The Morgan fingerprint density at radius 1 is 1.19 bits per heavy atom. The van der Waals surface area contributed by atoms with Crippen molar-refractivity contribution < 1.29 is 22.0 Å². The van der Waals surface area contributed by atoms with Gasteiger partial charge in [0.25, 0.3) is 5.91 Å². The summed E-state index contributed by atoms with van der Waals surface area (Å²) >= 11 is 0.983. The zero-order valence-corrected chi connectivity index (χ0v) is 18.2. The topological polar surface area (TPSA) is 91.4 Å². The van der Waals surface area contributed by atoms with Crippen molar-refractivity contribution in [3.05, 3.63) is 53.6 Å². The van der Waals surface area contributed by atoms with E-state index in [0.29, 0.717) is 11.2 Å². The molecule has 0 aliphatic carbocycles. The van der Waals surface area contributed by atoms with Crippen LogP contribution < -0.4 is 10.9 Å². The van der Waals surface area contributed by atoms with Crippen LogP contribution >= 0.6 is 11.3 Å². The maximum Gasteiger partial charge on any atom is 0.269 e. The molecule has 0 spiro atoms. The van der Waals surface area contributed by atoms with Crippen LogP contribution in [-0.4, -0.2) is 36.2 Å². The third-order valence-electron chi connectivity index (χ3n) is 5.16. The number of piperidine rings is 1. The van der Waals surface area contributed by atoms with Gasteiger partial charge in [0, 0.05) is 24.2 Å². The Morgan fingerprint density at radius 3 is 2.65 bits per heavy atom. The molecule has 1 amide bonds. The molecule has 31 heavy (non-hydrogen) atoms. The van der Waals surface area contributed by atoms with Crippen LogP contribution in [0, 0.1) is 11.6 Å². The first-order valence-corrected chi connectivity index (χ1v) is 12.0. The van der Waals surface area contributed by atoms with Crippen molar-refractivity contribution in [3.8, 4) is 0 Å². The van der Waals surface area contributed by atoms with Crippen molar-refractivity contribution in [2.75, 3.05) is 12.0 Å². The van der Waals surface area contributed by atoms with Gasteiger partial charge in [0.1, 0.15) is 11.3 Å². The van der Waals surface area contributed by atoms with Crippen LogP contribution in [0.15, 0.2) is 41.3 Å². The molecule has 164 valence electrons. The fraction of sp³-hybridized carbons (Fsp3) is 0.300. The van der Waals surface area contributed by atoms with Gasteiger partial charge in [0.15, 0.2) is 5.82 Å². The molecule has 1 fully saturated rings. The first-order chi connectivity index (χ1) is 14.8. The molecule has 0 unspecified atom stereocenters. The summed E-state index contributed by atoms with van der Waals surface area (Å²) in [5.41, 5.74) is 5.23. The SMILES string of the molecule is C[C@@H]1CCCCN1S(=O)(=O)c1ccc(C(=O)NNc2nc3c(F)cc(F)cc3s2)cc1. The van der Waals surface area contributed by atoms with Gasteiger partial charge in [-0.15, -0.1) is 0 Å². The highest BCUT2D eigenvalue weighted by Gasteiger charge is 2.30. The molecule has 4 rings (SSSR count). The van der Waals surface area contributed by atoms with Crippen LogP contribution in [-0.2, 0) is 10.0 Å². The monoisotopic (exact) mass is 466 g/mol. The second-order valence-corrected chi connectivity index (χ2v) is 10.2. The van der Waals surface area contributed by atoms with Crippen LogP contribution in [0.3, 0.4) is 0 Å². The number of hydrazine groups is 1. The van der Waals surface area contributed by atoms with Gasteiger partial charge in [0.05, 0.1) is 9.60 Å². The molecule has 2 N–H and O–H groups in total. The van der Waals surface area contributed by atoms with Crippen molar-refractivity contribution in [2.45, 2.75) is 37.1 Å². The van der Waals surface area contributed by atoms with Gasteiger partial charge in [-0.25, -0.2) is 22.2 Å². The number of amides is 1. The van der Waals surface area contributed by atoms with Crippen molar-refractivity contribution in [3.63, 3.8) is 0 Å². The lowest BCUT2D eigenvalue weighted by atomic mass is 10.1. The number of nitrogens with one attached hydrogen (secondary N) is 2. The molecule has 7 nitrogen and oxygen atoms in total. The third kappa shape index (κ3) is 4.39. The Hall–Kier alpha value is -2.63. The molecule has 1 atom stereocenters. The van der Waals surface area contributed by atoms with E-state index in [0.717, 1.165) is 42.7 Å². The first-order valence-electron chi connectivity index (χ1n) is 9.69. The quantitative estimate of drug-likeness (QED) is 0.557. The zero-order valence-electron chi connectivity index (χ0n) is 16.6. The minimum atomic E-state index is -3.62. The van der Waals surface area contributed by atoms with E-state index in [1.54, 1.807) is 0 Å². The van der Waals surface area contributed by atoms with E-state index < -0.39 is 27.6 Å². The minimum Gasteiger partial charge on any atom is -0.273 e. The van der Waals surface area contributed by atoms with Crippen molar-refractivity contribution in [1.82, 2.24) is 14.7 Å². The Balaban J connectivity index is 1.44. The maximum absolute atomic E-state index is 13.8. The normalized spacial score (nSPS) is 17.6. The van der Waals surface area contributed by atoms with E-state index in [1.807, 2.05) is 6.92 Å². The molecule has 0 bridgehead atoms. The molecule has 2 heterocycles. The number of nitrogens with zero attached hydrogens (tertiary/aromatic N) is 2. The van der Waals surface area contributed by atoms with Crippen molar-refractivity contribution in [1.29, 1.82) is 0 Å². The summed E-state index contributed by atoms with van der Waals surface area (Å²) in [6, 6.07) is 7.49.